The van der Waals surface area contributed by atoms with Crippen LogP contribution in [0.15, 0.2) is 72.8 Å². The van der Waals surface area contributed by atoms with E-state index in [1.54, 1.807) is 30.5 Å². The summed E-state index contributed by atoms with van der Waals surface area (Å²) in [5.74, 6) is 1.08. The number of fused-ring (bicyclic) bond motifs is 1. The van der Waals surface area contributed by atoms with Crippen LogP contribution in [0.5, 0.6) is 11.5 Å². The van der Waals surface area contributed by atoms with Crippen LogP contribution in [0.25, 0.3) is 10.8 Å². The predicted molar refractivity (Wildman–Crippen MR) is 169 cm³/mol. The molecular formula is C34H40N2O5S. The Hall–Kier alpha value is -3.88. The maximum Gasteiger partial charge on any atom is 0.254 e. The molecule has 0 aliphatic rings. The summed E-state index contributed by atoms with van der Waals surface area (Å²) in [5, 5.41) is 1.88. The fourth-order valence-corrected chi connectivity index (χ4v) is 5.86. The first-order valence-electron chi connectivity index (χ1n) is 14.3. The van der Waals surface area contributed by atoms with Gasteiger partial charge in [-0.1, -0.05) is 42.5 Å². The molecule has 42 heavy (non-hydrogen) atoms. The lowest BCUT2D eigenvalue weighted by Gasteiger charge is -2.28. The third-order valence-corrected chi connectivity index (χ3v) is 8.15. The molecule has 0 aliphatic heterocycles. The van der Waals surface area contributed by atoms with E-state index in [0.29, 0.717) is 62.8 Å². The van der Waals surface area contributed by atoms with Crippen molar-refractivity contribution in [2.24, 2.45) is 0 Å². The molecule has 0 radical (unpaired) electrons. The molecule has 0 unspecified atom stereocenters. The molecule has 0 N–H and O–H groups in total. The van der Waals surface area contributed by atoms with Crippen LogP contribution in [-0.4, -0.2) is 68.7 Å². The number of hydrogen-bond acceptors (Lipinski definition) is 6. The van der Waals surface area contributed by atoms with Gasteiger partial charge in [0.1, 0.15) is 6.54 Å². The first-order valence-corrected chi connectivity index (χ1v) is 15.1. The SMILES string of the molecule is CCOCCCN(CC(=O)N(CCc1ccc(OC)c(OC)c1)Cc1ccc(C)s1)C(=O)c1cccc2ccccc12. The normalized spacial score (nSPS) is 11.0. The predicted octanol–water partition coefficient (Wildman–Crippen LogP) is 6.37. The third-order valence-electron chi connectivity index (χ3n) is 7.17. The number of thiophene rings is 1. The molecular weight excluding hydrogens is 548 g/mol. The highest BCUT2D eigenvalue weighted by atomic mass is 32.1. The van der Waals surface area contributed by atoms with Gasteiger partial charge in [-0.3, -0.25) is 9.59 Å². The van der Waals surface area contributed by atoms with Crippen LogP contribution < -0.4 is 9.47 Å². The van der Waals surface area contributed by atoms with Gasteiger partial charge in [-0.05, 0) is 73.4 Å². The van der Waals surface area contributed by atoms with Crippen molar-refractivity contribution in [3.8, 4) is 11.5 Å². The number of carbonyl (C=O) groups is 2. The number of carbonyl (C=O) groups excluding carboxylic acids is 2. The van der Waals surface area contributed by atoms with Crippen molar-refractivity contribution < 1.29 is 23.8 Å². The van der Waals surface area contributed by atoms with Crippen LogP contribution in [0.4, 0.5) is 0 Å². The van der Waals surface area contributed by atoms with E-state index >= 15 is 0 Å². The lowest BCUT2D eigenvalue weighted by atomic mass is 10.0. The Bertz CT molecular complexity index is 1480. The highest BCUT2D eigenvalue weighted by Gasteiger charge is 2.24. The van der Waals surface area contributed by atoms with Crippen molar-refractivity contribution in [2.45, 2.75) is 33.2 Å². The van der Waals surface area contributed by atoms with Crippen molar-refractivity contribution in [3.63, 3.8) is 0 Å². The van der Waals surface area contributed by atoms with E-state index in [9.17, 15) is 9.59 Å². The summed E-state index contributed by atoms with van der Waals surface area (Å²) < 4.78 is 16.4. The van der Waals surface area contributed by atoms with Gasteiger partial charge in [-0.25, -0.2) is 0 Å². The number of methoxy groups -OCH3 is 2. The van der Waals surface area contributed by atoms with Crippen molar-refractivity contribution in [3.05, 3.63) is 93.7 Å². The largest absolute Gasteiger partial charge is 0.493 e. The minimum atomic E-state index is -0.150. The summed E-state index contributed by atoms with van der Waals surface area (Å²) in [6, 6.07) is 23.5. The zero-order valence-corrected chi connectivity index (χ0v) is 25.7. The molecule has 0 bridgehead atoms. The molecule has 4 aromatic rings. The van der Waals surface area contributed by atoms with Gasteiger partial charge in [0.05, 0.1) is 20.8 Å². The summed E-state index contributed by atoms with van der Waals surface area (Å²) in [7, 11) is 3.23. The van der Waals surface area contributed by atoms with E-state index in [1.807, 2.05) is 72.5 Å². The first kappa shape index (κ1) is 31.1. The number of amides is 2. The molecule has 2 amide bonds. The summed E-state index contributed by atoms with van der Waals surface area (Å²) in [4.78, 5) is 33.7. The highest BCUT2D eigenvalue weighted by Crippen LogP contribution is 2.28. The Kier molecular flexibility index (Phi) is 11.4. The molecule has 0 fully saturated rings. The Labute approximate surface area is 252 Å². The van der Waals surface area contributed by atoms with E-state index in [-0.39, 0.29) is 18.4 Å². The molecule has 0 spiro atoms. The van der Waals surface area contributed by atoms with Crippen LogP contribution in [0.3, 0.4) is 0 Å². The Morgan fingerprint density at radius 1 is 0.857 bits per heavy atom. The van der Waals surface area contributed by atoms with Crippen LogP contribution in [0.1, 0.15) is 39.0 Å². The molecule has 0 aliphatic carbocycles. The van der Waals surface area contributed by atoms with E-state index in [2.05, 4.69) is 19.1 Å². The molecule has 4 rings (SSSR count). The minimum absolute atomic E-state index is 0.00945. The van der Waals surface area contributed by atoms with Gasteiger partial charge in [0.2, 0.25) is 5.91 Å². The lowest BCUT2D eigenvalue weighted by Crippen LogP contribution is -2.44. The smallest absolute Gasteiger partial charge is 0.254 e. The zero-order chi connectivity index (χ0) is 29.9. The molecule has 0 saturated heterocycles. The summed E-state index contributed by atoms with van der Waals surface area (Å²) >= 11 is 1.68. The molecule has 3 aromatic carbocycles. The molecule has 1 heterocycles. The number of benzene rings is 3. The summed E-state index contributed by atoms with van der Waals surface area (Å²) in [6.07, 6.45) is 1.28. The Morgan fingerprint density at radius 3 is 2.38 bits per heavy atom. The maximum atomic E-state index is 14.0. The van der Waals surface area contributed by atoms with Crippen molar-refractivity contribution >= 4 is 33.9 Å². The first-order chi connectivity index (χ1) is 20.4. The van der Waals surface area contributed by atoms with E-state index < -0.39 is 0 Å². The van der Waals surface area contributed by atoms with Gasteiger partial charge in [-0.15, -0.1) is 11.3 Å². The Morgan fingerprint density at radius 2 is 1.64 bits per heavy atom. The second kappa shape index (κ2) is 15.4. The molecule has 7 nitrogen and oxygen atoms in total. The van der Waals surface area contributed by atoms with Gasteiger partial charge < -0.3 is 24.0 Å². The topological polar surface area (TPSA) is 68.3 Å². The fourth-order valence-electron chi connectivity index (χ4n) is 4.95. The summed E-state index contributed by atoms with van der Waals surface area (Å²) in [6.45, 7) is 6.56. The van der Waals surface area contributed by atoms with Crippen LogP contribution in [0, 0.1) is 6.92 Å². The monoisotopic (exact) mass is 588 g/mol. The molecule has 1 aromatic heterocycles. The van der Waals surface area contributed by atoms with E-state index in [1.165, 1.54) is 4.88 Å². The maximum absolute atomic E-state index is 14.0. The molecule has 8 heteroatoms. The van der Waals surface area contributed by atoms with Gasteiger partial charge in [0, 0.05) is 41.6 Å². The molecule has 0 atom stereocenters. The Balaban J connectivity index is 1.57. The zero-order valence-electron chi connectivity index (χ0n) is 24.9. The average Bonchev–Trinajstić information content (AvgIpc) is 3.43. The standard InChI is InChI=1S/C34H40N2O5S/c1-5-41-21-9-19-36(34(38)30-13-8-11-27-10-6-7-12-29(27)30)24-33(37)35(23-28-16-14-25(2)42-28)20-18-26-15-17-31(39-3)32(22-26)40-4/h6-8,10-17,22H,5,9,18-21,23-24H2,1-4H3. The second-order valence-corrected chi connectivity index (χ2v) is 11.4. The van der Waals surface area contributed by atoms with Crippen molar-refractivity contribution in [2.75, 3.05) is 47.1 Å². The van der Waals surface area contributed by atoms with Gasteiger partial charge in [0.25, 0.3) is 5.91 Å². The number of nitrogens with zero attached hydrogens (tertiary/aromatic N) is 2. The molecule has 222 valence electrons. The van der Waals surface area contributed by atoms with E-state index in [4.69, 9.17) is 14.2 Å². The van der Waals surface area contributed by atoms with E-state index in [0.717, 1.165) is 21.2 Å². The fraction of sp³-hybridized carbons (Fsp3) is 0.353. The average molecular weight is 589 g/mol. The number of ether oxygens (including phenoxy) is 3. The lowest BCUT2D eigenvalue weighted by molar-refractivity contribution is -0.132. The quantitative estimate of drug-likeness (QED) is 0.151. The summed E-state index contributed by atoms with van der Waals surface area (Å²) in [5.41, 5.74) is 1.64. The number of aryl methyl sites for hydroxylation is 1. The van der Waals surface area contributed by atoms with Gasteiger partial charge >= 0.3 is 0 Å². The van der Waals surface area contributed by atoms with Crippen molar-refractivity contribution in [1.29, 1.82) is 0 Å². The third kappa shape index (κ3) is 8.11. The minimum Gasteiger partial charge on any atom is -0.493 e. The highest BCUT2D eigenvalue weighted by molar-refractivity contribution is 7.11. The number of rotatable bonds is 15. The number of hydrogen-bond donors (Lipinski definition) is 0. The van der Waals surface area contributed by atoms with Crippen LogP contribution in [0.2, 0.25) is 0 Å². The van der Waals surface area contributed by atoms with Crippen molar-refractivity contribution in [1.82, 2.24) is 9.80 Å². The molecule has 0 saturated carbocycles. The van der Waals surface area contributed by atoms with Crippen LogP contribution >= 0.6 is 11.3 Å². The second-order valence-electron chi connectivity index (χ2n) is 10.1. The van der Waals surface area contributed by atoms with Crippen LogP contribution in [-0.2, 0) is 22.5 Å². The van der Waals surface area contributed by atoms with Gasteiger partial charge in [-0.2, -0.15) is 0 Å². The van der Waals surface area contributed by atoms with Gasteiger partial charge in [0.15, 0.2) is 11.5 Å².